The van der Waals surface area contributed by atoms with Crippen molar-refractivity contribution in [3.63, 3.8) is 0 Å². The Bertz CT molecular complexity index is 1100. The second kappa shape index (κ2) is 5.88. The number of nitrogens with zero attached hydrogens (tertiary/aromatic N) is 1. The molecular formula is C23H28N2O6S. The highest BCUT2D eigenvalue weighted by atomic mass is 32.1. The van der Waals surface area contributed by atoms with Crippen LogP contribution in [0.3, 0.4) is 0 Å². The van der Waals surface area contributed by atoms with Gasteiger partial charge in [-0.25, -0.2) is 4.98 Å². The monoisotopic (exact) mass is 460 g/mol. The third-order valence-electron chi connectivity index (χ3n) is 9.18. The van der Waals surface area contributed by atoms with Crippen LogP contribution >= 0.6 is 11.3 Å². The highest BCUT2D eigenvalue weighted by molar-refractivity contribution is 7.15. The van der Waals surface area contributed by atoms with Crippen molar-refractivity contribution in [2.24, 2.45) is 28.6 Å². The van der Waals surface area contributed by atoms with Crippen LogP contribution < -0.4 is 5.32 Å². The van der Waals surface area contributed by atoms with E-state index in [1.165, 1.54) is 18.3 Å². The topological polar surface area (TPSA) is 129 Å². The summed E-state index contributed by atoms with van der Waals surface area (Å²) in [6, 6.07) is 0. The first-order chi connectivity index (χ1) is 14.9. The molecule has 4 aliphatic carbocycles. The van der Waals surface area contributed by atoms with E-state index in [2.05, 4.69) is 25.7 Å². The van der Waals surface area contributed by atoms with Crippen molar-refractivity contribution in [2.45, 2.75) is 63.4 Å². The van der Waals surface area contributed by atoms with E-state index in [4.69, 9.17) is 9.72 Å². The number of hydrogen-bond donors (Lipinski definition) is 4. The molecule has 4 bridgehead atoms. The molecule has 0 radical (unpaired) electrons. The Balaban J connectivity index is 1.65. The largest absolute Gasteiger partial charge is 0.391 e. The van der Waals surface area contributed by atoms with Crippen molar-refractivity contribution < 1.29 is 29.6 Å². The van der Waals surface area contributed by atoms with Crippen molar-refractivity contribution in [3.8, 4) is 0 Å². The van der Waals surface area contributed by atoms with Crippen LogP contribution in [0.25, 0.3) is 0 Å². The van der Waals surface area contributed by atoms with E-state index in [1.54, 1.807) is 0 Å². The molecule has 8 atom stereocenters. The number of carbonyl (C=O) groups excluding carboxylic acids is 2. The standard InChI is InChI=1S/C23H28N2O6S/c1-9-11-5-6-13-21-8-31-23(30,22(13,16(9)27)17(11)28)18(29)14(21)20(3,4)7-12-15(21)25-19(32-12)24-10(2)26/h11,13-14,17-18,28-30H,1,5-8H2,2-4H3,(H,24,25,26)/t11?,13-,14+,17+,18-,21-,22-,23+/m0/s1. The van der Waals surface area contributed by atoms with E-state index in [1.807, 2.05) is 0 Å². The SMILES string of the molecule is C=C1C(=O)[C@]23[C@H](O)C1CC[C@H]2[C@@]12CO[C@]3(O)[C@@H](O)[C@@H]1C(C)(C)Cc1sc(NC(C)=O)nc12. The highest BCUT2D eigenvalue weighted by Gasteiger charge is 2.86. The van der Waals surface area contributed by atoms with Gasteiger partial charge in [0, 0.05) is 29.1 Å². The third-order valence-corrected chi connectivity index (χ3v) is 10.1. The van der Waals surface area contributed by atoms with Gasteiger partial charge in [-0.2, -0.15) is 0 Å². The van der Waals surface area contributed by atoms with Gasteiger partial charge in [-0.05, 0) is 36.2 Å². The number of aromatic nitrogens is 1. The van der Waals surface area contributed by atoms with Crippen LogP contribution in [0.4, 0.5) is 5.13 Å². The van der Waals surface area contributed by atoms with Crippen LogP contribution in [0.5, 0.6) is 0 Å². The molecule has 1 aromatic heterocycles. The summed E-state index contributed by atoms with van der Waals surface area (Å²) in [7, 11) is 0. The van der Waals surface area contributed by atoms with Gasteiger partial charge in [-0.15, -0.1) is 11.3 Å². The Labute approximate surface area is 189 Å². The van der Waals surface area contributed by atoms with Crippen molar-refractivity contribution in [2.75, 3.05) is 11.9 Å². The van der Waals surface area contributed by atoms with Crippen molar-refractivity contribution in [1.29, 1.82) is 0 Å². The molecule has 4 N–H and O–H groups in total. The minimum atomic E-state index is -2.19. The fraction of sp³-hybridized carbons (Fsp3) is 0.696. The first-order valence-corrected chi connectivity index (χ1v) is 12.0. The van der Waals surface area contributed by atoms with Gasteiger partial charge in [0.25, 0.3) is 0 Å². The number of carbonyl (C=O) groups is 2. The predicted octanol–water partition coefficient (Wildman–Crippen LogP) is 1.14. The Hall–Kier alpha value is -1.65. The molecule has 6 aliphatic rings. The summed E-state index contributed by atoms with van der Waals surface area (Å²) in [5.74, 6) is -4.17. The summed E-state index contributed by atoms with van der Waals surface area (Å²) in [4.78, 5) is 31.2. The number of ether oxygens (including phenoxy) is 1. The number of rotatable bonds is 1. The lowest BCUT2D eigenvalue weighted by Crippen LogP contribution is -2.85. The Morgan fingerprint density at radius 3 is 2.69 bits per heavy atom. The number of fused-ring (bicyclic) bond motifs is 3. The first-order valence-electron chi connectivity index (χ1n) is 11.2. The first kappa shape index (κ1) is 20.9. The van der Waals surface area contributed by atoms with Crippen molar-refractivity contribution in [3.05, 3.63) is 22.7 Å². The van der Waals surface area contributed by atoms with Gasteiger partial charge in [0.15, 0.2) is 10.9 Å². The Morgan fingerprint density at radius 2 is 2.00 bits per heavy atom. The lowest BCUT2D eigenvalue weighted by atomic mass is 9.36. The molecule has 0 aromatic carbocycles. The van der Waals surface area contributed by atoms with Gasteiger partial charge in [0.1, 0.15) is 11.5 Å². The predicted molar refractivity (Wildman–Crippen MR) is 115 cm³/mol. The van der Waals surface area contributed by atoms with Crippen LogP contribution in [0.1, 0.15) is 44.2 Å². The third kappa shape index (κ3) is 1.95. The minimum Gasteiger partial charge on any atom is -0.391 e. The number of anilines is 1. The van der Waals surface area contributed by atoms with Crippen LogP contribution in [-0.2, 0) is 26.2 Å². The lowest BCUT2D eigenvalue weighted by molar-refractivity contribution is -0.429. The average Bonchev–Trinajstić information content (AvgIpc) is 3.12. The number of thiazole rings is 1. The zero-order chi connectivity index (χ0) is 23.0. The van der Waals surface area contributed by atoms with Gasteiger partial charge in [0.05, 0.1) is 18.4 Å². The Morgan fingerprint density at radius 1 is 1.28 bits per heavy atom. The number of aliphatic hydroxyl groups excluding tert-OH is 2. The number of ketones is 1. The fourth-order valence-corrected chi connectivity index (χ4v) is 9.64. The van der Waals surface area contributed by atoms with E-state index < -0.39 is 57.8 Å². The molecule has 3 heterocycles. The second-order valence-electron chi connectivity index (χ2n) is 11.0. The minimum absolute atomic E-state index is 0.0917. The van der Waals surface area contributed by atoms with Crippen LogP contribution in [0.15, 0.2) is 12.2 Å². The molecule has 32 heavy (non-hydrogen) atoms. The summed E-state index contributed by atoms with van der Waals surface area (Å²) in [5, 5.41) is 38.2. The normalized spacial score (nSPS) is 47.6. The van der Waals surface area contributed by atoms with Crippen LogP contribution in [0, 0.1) is 28.6 Å². The van der Waals surface area contributed by atoms with E-state index in [0.29, 0.717) is 30.0 Å². The van der Waals surface area contributed by atoms with Crippen LogP contribution in [-0.4, -0.2) is 56.6 Å². The van der Waals surface area contributed by atoms with Crippen LogP contribution in [0.2, 0.25) is 0 Å². The average molecular weight is 461 g/mol. The maximum absolute atomic E-state index is 13.7. The maximum Gasteiger partial charge on any atom is 0.223 e. The number of amides is 1. The molecule has 9 heteroatoms. The number of nitrogens with one attached hydrogen (secondary N) is 1. The Kier molecular flexibility index (Phi) is 3.84. The molecule has 172 valence electrons. The quantitative estimate of drug-likeness (QED) is 0.463. The highest BCUT2D eigenvalue weighted by Crippen LogP contribution is 2.75. The number of hydrogen-bond acceptors (Lipinski definition) is 8. The summed E-state index contributed by atoms with van der Waals surface area (Å²) in [6.45, 7) is 9.57. The van der Waals surface area contributed by atoms with Gasteiger partial charge in [0.2, 0.25) is 11.7 Å². The number of aliphatic hydroxyl groups is 3. The van der Waals surface area contributed by atoms with Gasteiger partial charge < -0.3 is 25.4 Å². The van der Waals surface area contributed by atoms with E-state index in [0.717, 1.165) is 10.6 Å². The smallest absolute Gasteiger partial charge is 0.223 e. The zero-order valence-corrected chi connectivity index (χ0v) is 19.2. The molecule has 5 fully saturated rings. The van der Waals surface area contributed by atoms with Gasteiger partial charge >= 0.3 is 0 Å². The molecular weight excluding hydrogens is 432 g/mol. The van der Waals surface area contributed by atoms with Gasteiger partial charge in [-0.3, -0.25) is 9.59 Å². The molecule has 8 nitrogen and oxygen atoms in total. The second-order valence-corrected chi connectivity index (χ2v) is 12.1. The van der Waals surface area contributed by atoms with Crippen molar-refractivity contribution in [1.82, 2.24) is 4.98 Å². The molecule has 1 amide bonds. The summed E-state index contributed by atoms with van der Waals surface area (Å²) < 4.78 is 6.02. The molecule has 2 aliphatic heterocycles. The maximum atomic E-state index is 13.7. The molecule has 2 saturated heterocycles. The summed E-state index contributed by atoms with van der Waals surface area (Å²) >= 11 is 1.40. The molecule has 1 aromatic rings. The van der Waals surface area contributed by atoms with E-state index >= 15 is 0 Å². The molecule has 1 unspecified atom stereocenters. The number of Topliss-reactive ketones (excluding diaryl/α,β-unsaturated/α-hetero) is 1. The van der Waals surface area contributed by atoms with E-state index in [-0.39, 0.29) is 12.5 Å². The van der Waals surface area contributed by atoms with E-state index in [9.17, 15) is 24.9 Å². The molecule has 2 spiro atoms. The lowest BCUT2D eigenvalue weighted by Gasteiger charge is -2.73. The summed E-state index contributed by atoms with van der Waals surface area (Å²) in [6.07, 6.45) is -0.781. The zero-order valence-electron chi connectivity index (χ0n) is 18.3. The molecule has 3 saturated carbocycles. The fourth-order valence-electron chi connectivity index (χ4n) is 8.30. The summed E-state index contributed by atoms with van der Waals surface area (Å²) in [5.41, 5.74) is -1.97. The molecule has 7 rings (SSSR count). The van der Waals surface area contributed by atoms with Gasteiger partial charge in [-0.1, -0.05) is 20.4 Å². The van der Waals surface area contributed by atoms with Crippen molar-refractivity contribution >= 4 is 28.2 Å².